The molecule has 0 fully saturated rings. The Labute approximate surface area is 62.9 Å². The fourth-order valence-electron chi connectivity index (χ4n) is 0.887. The van der Waals surface area contributed by atoms with Crippen molar-refractivity contribution in [1.29, 1.82) is 0 Å². The van der Waals surface area contributed by atoms with Crippen molar-refractivity contribution in [1.82, 2.24) is 0 Å². The molecule has 0 unspecified atom stereocenters. The van der Waals surface area contributed by atoms with Crippen LogP contribution in [-0.4, -0.2) is 0 Å². The lowest BCUT2D eigenvalue weighted by atomic mass is 9.87. The highest BCUT2D eigenvalue weighted by Crippen LogP contribution is 2.20. The average Bonchev–Trinajstić information content (AvgIpc) is 1.88. The van der Waals surface area contributed by atoms with Crippen molar-refractivity contribution < 1.29 is 0 Å². The monoisotopic (exact) mass is 133 g/mol. The van der Waals surface area contributed by atoms with Crippen molar-refractivity contribution in [2.75, 3.05) is 0 Å². The van der Waals surface area contributed by atoms with Crippen molar-refractivity contribution in [3.05, 3.63) is 35.9 Å². The first-order valence-electron chi connectivity index (χ1n) is 3.57. The van der Waals surface area contributed by atoms with Gasteiger partial charge in [-0.3, -0.25) is 0 Å². The number of benzene rings is 1. The van der Waals surface area contributed by atoms with Gasteiger partial charge >= 0.3 is 0 Å². The first-order valence-corrected chi connectivity index (χ1v) is 3.57. The van der Waals surface area contributed by atoms with Crippen LogP contribution in [0.2, 0.25) is 0 Å². The fourth-order valence-corrected chi connectivity index (χ4v) is 0.887. The molecule has 0 bridgehead atoms. The van der Waals surface area contributed by atoms with Crippen molar-refractivity contribution in [2.45, 2.75) is 26.2 Å². The van der Waals surface area contributed by atoms with E-state index in [-0.39, 0.29) is 5.41 Å². The first-order chi connectivity index (χ1) is 4.61. The zero-order valence-corrected chi connectivity index (χ0v) is 6.81. The molecule has 0 aliphatic rings. The molecule has 0 atom stereocenters. The summed E-state index contributed by atoms with van der Waals surface area (Å²) in [5.41, 5.74) is 1.64. The van der Waals surface area contributed by atoms with E-state index in [1.54, 1.807) is 0 Å². The van der Waals surface area contributed by atoms with Crippen molar-refractivity contribution >= 4 is 0 Å². The second-order valence-electron chi connectivity index (χ2n) is 3.54. The molecule has 0 aliphatic heterocycles. The Morgan fingerprint density at radius 2 is 1.60 bits per heavy atom. The molecule has 0 heteroatoms. The van der Waals surface area contributed by atoms with Gasteiger partial charge in [0, 0.05) is 0 Å². The highest BCUT2D eigenvalue weighted by Gasteiger charge is 2.11. The summed E-state index contributed by atoms with van der Waals surface area (Å²) in [7, 11) is 0. The molecular formula is C10H13. The normalized spacial score (nSPS) is 11.5. The van der Waals surface area contributed by atoms with Crippen LogP contribution in [0.4, 0.5) is 0 Å². The summed E-state index contributed by atoms with van der Waals surface area (Å²) >= 11 is 0. The summed E-state index contributed by atoms with van der Waals surface area (Å²) in [4.78, 5) is 0. The van der Waals surface area contributed by atoms with Gasteiger partial charge in [0.1, 0.15) is 0 Å². The van der Waals surface area contributed by atoms with Crippen LogP contribution in [0.15, 0.2) is 24.3 Å². The van der Waals surface area contributed by atoms with Gasteiger partial charge in [-0.2, -0.15) is 0 Å². The minimum Gasteiger partial charge on any atom is -0.0579 e. The van der Waals surface area contributed by atoms with E-state index in [9.17, 15) is 0 Å². The molecule has 0 saturated carbocycles. The van der Waals surface area contributed by atoms with Crippen LogP contribution in [0.5, 0.6) is 0 Å². The van der Waals surface area contributed by atoms with Gasteiger partial charge in [-0.05, 0) is 17.0 Å². The third-order valence-corrected chi connectivity index (χ3v) is 1.58. The topological polar surface area (TPSA) is 0 Å². The SMILES string of the molecule is CC(C)(C)c1cc[c]cc1. The highest BCUT2D eigenvalue weighted by molar-refractivity contribution is 5.21. The molecule has 0 spiro atoms. The summed E-state index contributed by atoms with van der Waals surface area (Å²) in [5, 5.41) is 0. The van der Waals surface area contributed by atoms with Crippen LogP contribution < -0.4 is 0 Å². The van der Waals surface area contributed by atoms with Crippen LogP contribution in [0.25, 0.3) is 0 Å². The molecule has 0 aliphatic carbocycles. The molecular weight excluding hydrogens is 120 g/mol. The molecule has 1 aromatic carbocycles. The van der Waals surface area contributed by atoms with Crippen molar-refractivity contribution in [3.63, 3.8) is 0 Å². The maximum atomic E-state index is 3.00. The van der Waals surface area contributed by atoms with Gasteiger partial charge in [0.15, 0.2) is 0 Å². The Hall–Kier alpha value is -0.780. The van der Waals surface area contributed by atoms with Gasteiger partial charge in [0.2, 0.25) is 0 Å². The smallest absolute Gasteiger partial charge is 0.0132 e. The largest absolute Gasteiger partial charge is 0.0579 e. The van der Waals surface area contributed by atoms with Crippen LogP contribution in [-0.2, 0) is 5.41 Å². The fraction of sp³-hybridized carbons (Fsp3) is 0.400. The Morgan fingerprint density at radius 3 is 1.90 bits per heavy atom. The predicted octanol–water partition coefficient (Wildman–Crippen LogP) is 2.78. The second kappa shape index (κ2) is 2.45. The third kappa shape index (κ3) is 1.60. The van der Waals surface area contributed by atoms with Gasteiger partial charge < -0.3 is 0 Å². The molecule has 1 radical (unpaired) electrons. The molecule has 0 nitrogen and oxygen atoms in total. The van der Waals surface area contributed by atoms with Crippen LogP contribution >= 0.6 is 0 Å². The second-order valence-corrected chi connectivity index (χ2v) is 3.54. The van der Waals surface area contributed by atoms with E-state index in [0.717, 1.165) is 0 Å². The van der Waals surface area contributed by atoms with E-state index in [2.05, 4.69) is 39.0 Å². The molecule has 0 heterocycles. The lowest BCUT2D eigenvalue weighted by molar-refractivity contribution is 0.590. The van der Waals surface area contributed by atoms with E-state index in [0.29, 0.717) is 0 Å². The number of hydrogen-bond acceptors (Lipinski definition) is 0. The molecule has 0 saturated heterocycles. The van der Waals surface area contributed by atoms with E-state index in [1.165, 1.54) is 5.56 Å². The Morgan fingerprint density at radius 1 is 1.10 bits per heavy atom. The maximum absolute atomic E-state index is 3.00. The van der Waals surface area contributed by atoms with Crippen LogP contribution in [0, 0.1) is 6.07 Å². The number of hydrogen-bond donors (Lipinski definition) is 0. The summed E-state index contributed by atoms with van der Waals surface area (Å²) < 4.78 is 0. The lowest BCUT2D eigenvalue weighted by Crippen LogP contribution is -2.10. The minimum absolute atomic E-state index is 0.273. The van der Waals surface area contributed by atoms with Crippen molar-refractivity contribution in [3.8, 4) is 0 Å². The quantitative estimate of drug-likeness (QED) is 0.510. The van der Waals surface area contributed by atoms with Crippen molar-refractivity contribution in [2.24, 2.45) is 0 Å². The maximum Gasteiger partial charge on any atom is -0.0132 e. The predicted molar refractivity (Wildman–Crippen MR) is 44.0 cm³/mol. The molecule has 0 aromatic heterocycles. The Kier molecular flexibility index (Phi) is 1.80. The summed E-state index contributed by atoms with van der Waals surface area (Å²) in [6, 6.07) is 11.1. The molecule has 10 heavy (non-hydrogen) atoms. The Balaban J connectivity index is 2.97. The van der Waals surface area contributed by atoms with Gasteiger partial charge in [-0.15, -0.1) is 0 Å². The Bertz CT molecular complexity index is 191. The minimum atomic E-state index is 0.273. The molecule has 0 amide bonds. The van der Waals surface area contributed by atoms with E-state index in [4.69, 9.17) is 0 Å². The summed E-state index contributed by atoms with van der Waals surface area (Å²) in [6.45, 7) is 6.63. The molecule has 53 valence electrons. The van der Waals surface area contributed by atoms with Gasteiger partial charge in [0.05, 0.1) is 0 Å². The average molecular weight is 133 g/mol. The molecule has 1 aromatic rings. The van der Waals surface area contributed by atoms with E-state index in [1.807, 2.05) is 12.1 Å². The number of rotatable bonds is 0. The van der Waals surface area contributed by atoms with Crippen LogP contribution in [0.1, 0.15) is 26.3 Å². The van der Waals surface area contributed by atoms with Gasteiger partial charge in [-0.25, -0.2) is 0 Å². The molecule has 0 N–H and O–H groups in total. The molecule has 1 rings (SSSR count). The van der Waals surface area contributed by atoms with E-state index >= 15 is 0 Å². The zero-order chi connectivity index (χ0) is 7.61. The standard InChI is InChI=1S/C10H13/c1-10(2,3)9-7-5-4-6-8-9/h5-8H,1-3H3. The zero-order valence-electron chi connectivity index (χ0n) is 6.81. The first kappa shape index (κ1) is 7.33. The lowest BCUT2D eigenvalue weighted by Gasteiger charge is -2.17. The van der Waals surface area contributed by atoms with E-state index < -0.39 is 0 Å². The van der Waals surface area contributed by atoms with Gasteiger partial charge in [0.25, 0.3) is 0 Å². The summed E-state index contributed by atoms with van der Waals surface area (Å²) in [6.07, 6.45) is 0. The third-order valence-electron chi connectivity index (χ3n) is 1.58. The van der Waals surface area contributed by atoms with Gasteiger partial charge in [-0.1, -0.05) is 45.0 Å². The highest BCUT2D eigenvalue weighted by atomic mass is 14.2. The summed E-state index contributed by atoms with van der Waals surface area (Å²) in [5.74, 6) is 0. The van der Waals surface area contributed by atoms with Crippen LogP contribution in [0.3, 0.4) is 0 Å².